The first kappa shape index (κ1) is 18.9. The van der Waals surface area contributed by atoms with E-state index < -0.39 is 0 Å². The molecule has 0 unspecified atom stereocenters. The summed E-state index contributed by atoms with van der Waals surface area (Å²) < 4.78 is 23.6. The molecule has 0 radical (unpaired) electrons. The van der Waals surface area contributed by atoms with Crippen molar-refractivity contribution in [1.29, 1.82) is 0 Å². The van der Waals surface area contributed by atoms with E-state index in [0.717, 1.165) is 11.1 Å². The topological polar surface area (TPSA) is 59.6 Å². The average molecular weight is 346 g/mol. The van der Waals surface area contributed by atoms with Crippen molar-refractivity contribution in [3.8, 4) is 0 Å². The van der Waals surface area contributed by atoms with Crippen molar-refractivity contribution >= 4 is 11.7 Å². The predicted octanol–water partition coefficient (Wildman–Crippen LogP) is 3.70. The van der Waals surface area contributed by atoms with Crippen LogP contribution in [0.3, 0.4) is 0 Å². The Morgan fingerprint density at radius 3 is 2.56 bits per heavy atom. The third-order valence-corrected chi connectivity index (χ3v) is 3.40. The fraction of sp³-hybridized carbons (Fsp3) is 0.316. The molecule has 0 aliphatic carbocycles. The van der Waals surface area contributed by atoms with Crippen LogP contribution >= 0.6 is 0 Å². The van der Waals surface area contributed by atoms with E-state index in [2.05, 4.69) is 10.6 Å². The molecule has 2 aromatic rings. The Morgan fingerprint density at radius 2 is 1.80 bits per heavy atom. The number of rotatable bonds is 9. The SMILES string of the molecule is CCOCCOCc1cccc(NC(=O)NCc2ccc(F)cc2)c1. The number of halogens is 1. The maximum atomic E-state index is 12.8. The number of ether oxygens (including phenoxy) is 2. The van der Waals surface area contributed by atoms with Crippen molar-refractivity contribution < 1.29 is 18.7 Å². The summed E-state index contributed by atoms with van der Waals surface area (Å²) in [4.78, 5) is 12.0. The van der Waals surface area contributed by atoms with Crippen LogP contribution in [0.15, 0.2) is 48.5 Å². The second-order valence-electron chi connectivity index (χ2n) is 5.38. The minimum absolute atomic E-state index is 0.298. The van der Waals surface area contributed by atoms with Gasteiger partial charge in [-0.05, 0) is 42.3 Å². The largest absolute Gasteiger partial charge is 0.379 e. The molecule has 0 saturated heterocycles. The average Bonchev–Trinajstić information content (AvgIpc) is 2.61. The first-order chi connectivity index (χ1) is 12.2. The number of nitrogens with one attached hydrogen (secondary N) is 2. The second-order valence-corrected chi connectivity index (χ2v) is 5.38. The molecule has 2 aromatic carbocycles. The van der Waals surface area contributed by atoms with Gasteiger partial charge in [0, 0.05) is 18.8 Å². The Hall–Kier alpha value is -2.44. The highest BCUT2D eigenvalue weighted by Gasteiger charge is 2.03. The number of urea groups is 1. The standard InChI is InChI=1S/C19H23FN2O3/c1-2-24-10-11-25-14-16-4-3-5-18(12-16)22-19(23)21-13-15-6-8-17(20)9-7-15/h3-9,12H,2,10-11,13-14H2,1H3,(H2,21,22,23). The zero-order valence-corrected chi connectivity index (χ0v) is 14.3. The molecular weight excluding hydrogens is 323 g/mol. The lowest BCUT2D eigenvalue weighted by Gasteiger charge is -2.10. The molecule has 25 heavy (non-hydrogen) atoms. The summed E-state index contributed by atoms with van der Waals surface area (Å²) >= 11 is 0. The smallest absolute Gasteiger partial charge is 0.319 e. The number of anilines is 1. The molecule has 0 atom stereocenters. The lowest BCUT2D eigenvalue weighted by molar-refractivity contribution is 0.0453. The molecule has 0 aliphatic heterocycles. The van der Waals surface area contributed by atoms with Gasteiger partial charge in [-0.3, -0.25) is 0 Å². The van der Waals surface area contributed by atoms with Gasteiger partial charge in [-0.2, -0.15) is 0 Å². The Balaban J connectivity index is 1.76. The maximum Gasteiger partial charge on any atom is 0.319 e. The van der Waals surface area contributed by atoms with Gasteiger partial charge in [0.2, 0.25) is 0 Å². The molecule has 0 fully saturated rings. The molecule has 6 heteroatoms. The monoisotopic (exact) mass is 346 g/mol. The molecule has 0 heterocycles. The summed E-state index contributed by atoms with van der Waals surface area (Å²) in [6.45, 7) is 4.50. The summed E-state index contributed by atoms with van der Waals surface area (Å²) in [5, 5.41) is 5.50. The van der Waals surface area contributed by atoms with Crippen LogP contribution in [0.4, 0.5) is 14.9 Å². The quantitative estimate of drug-likeness (QED) is 0.681. The van der Waals surface area contributed by atoms with Crippen LogP contribution in [0.25, 0.3) is 0 Å². The van der Waals surface area contributed by atoms with Crippen LogP contribution in [-0.2, 0) is 22.6 Å². The van der Waals surface area contributed by atoms with E-state index in [4.69, 9.17) is 9.47 Å². The third-order valence-electron chi connectivity index (χ3n) is 3.40. The summed E-state index contributed by atoms with van der Waals surface area (Å²) in [7, 11) is 0. The molecule has 0 aliphatic rings. The molecular formula is C19H23FN2O3. The minimum Gasteiger partial charge on any atom is -0.379 e. The normalized spacial score (nSPS) is 10.5. The molecule has 5 nitrogen and oxygen atoms in total. The molecule has 0 saturated carbocycles. The highest BCUT2D eigenvalue weighted by atomic mass is 19.1. The molecule has 2 rings (SSSR count). The molecule has 0 spiro atoms. The summed E-state index contributed by atoms with van der Waals surface area (Å²) in [6.07, 6.45) is 0. The fourth-order valence-corrected chi connectivity index (χ4v) is 2.15. The molecule has 2 N–H and O–H groups in total. The van der Waals surface area contributed by atoms with Gasteiger partial charge in [-0.15, -0.1) is 0 Å². The summed E-state index contributed by atoms with van der Waals surface area (Å²) in [5.41, 5.74) is 2.48. The van der Waals surface area contributed by atoms with Crippen molar-refractivity contribution in [2.75, 3.05) is 25.1 Å². The van der Waals surface area contributed by atoms with Crippen LogP contribution in [0.2, 0.25) is 0 Å². The van der Waals surface area contributed by atoms with Gasteiger partial charge in [0.05, 0.1) is 19.8 Å². The Morgan fingerprint density at radius 1 is 1.04 bits per heavy atom. The van der Waals surface area contributed by atoms with Gasteiger partial charge in [0.15, 0.2) is 0 Å². The van der Waals surface area contributed by atoms with Gasteiger partial charge in [-0.1, -0.05) is 24.3 Å². The van der Waals surface area contributed by atoms with Gasteiger partial charge in [-0.25, -0.2) is 9.18 Å². The second kappa shape index (κ2) is 10.4. The predicted molar refractivity (Wildman–Crippen MR) is 94.8 cm³/mol. The first-order valence-corrected chi connectivity index (χ1v) is 8.21. The Bertz CT molecular complexity index is 662. The van der Waals surface area contributed by atoms with Gasteiger partial charge in [0.1, 0.15) is 5.82 Å². The van der Waals surface area contributed by atoms with E-state index >= 15 is 0 Å². The lowest BCUT2D eigenvalue weighted by atomic mass is 10.2. The number of hydrogen-bond acceptors (Lipinski definition) is 3. The molecule has 0 bridgehead atoms. The van der Waals surface area contributed by atoms with E-state index in [1.54, 1.807) is 18.2 Å². The van der Waals surface area contributed by atoms with Crippen molar-refractivity contribution in [1.82, 2.24) is 5.32 Å². The van der Waals surface area contributed by atoms with Crippen molar-refractivity contribution in [3.05, 3.63) is 65.5 Å². The van der Waals surface area contributed by atoms with Crippen LogP contribution in [-0.4, -0.2) is 25.9 Å². The van der Waals surface area contributed by atoms with E-state index in [9.17, 15) is 9.18 Å². The zero-order valence-electron chi connectivity index (χ0n) is 14.3. The first-order valence-electron chi connectivity index (χ1n) is 8.21. The van der Waals surface area contributed by atoms with Crippen molar-refractivity contribution in [2.24, 2.45) is 0 Å². The Labute approximate surface area is 147 Å². The Kier molecular flexibility index (Phi) is 7.88. The number of hydrogen-bond donors (Lipinski definition) is 2. The fourth-order valence-electron chi connectivity index (χ4n) is 2.15. The summed E-state index contributed by atoms with van der Waals surface area (Å²) in [6, 6.07) is 13.1. The number of amides is 2. The van der Waals surface area contributed by atoms with E-state index in [1.165, 1.54) is 12.1 Å². The van der Waals surface area contributed by atoms with E-state index in [-0.39, 0.29) is 11.8 Å². The third kappa shape index (κ3) is 7.32. The van der Waals surface area contributed by atoms with Gasteiger partial charge in [0.25, 0.3) is 0 Å². The lowest BCUT2D eigenvalue weighted by Crippen LogP contribution is -2.28. The summed E-state index contributed by atoms with van der Waals surface area (Å²) in [5.74, 6) is -0.298. The number of carbonyl (C=O) groups excluding carboxylic acids is 1. The number of benzene rings is 2. The maximum absolute atomic E-state index is 12.8. The van der Waals surface area contributed by atoms with Crippen molar-refractivity contribution in [2.45, 2.75) is 20.1 Å². The van der Waals surface area contributed by atoms with Crippen LogP contribution in [0.5, 0.6) is 0 Å². The van der Waals surface area contributed by atoms with Crippen molar-refractivity contribution in [3.63, 3.8) is 0 Å². The van der Waals surface area contributed by atoms with Crippen LogP contribution in [0.1, 0.15) is 18.1 Å². The molecule has 2 amide bonds. The van der Waals surface area contributed by atoms with Crippen LogP contribution in [0, 0.1) is 5.82 Å². The highest BCUT2D eigenvalue weighted by Crippen LogP contribution is 2.11. The van der Waals surface area contributed by atoms with E-state index in [0.29, 0.717) is 38.7 Å². The molecule has 0 aromatic heterocycles. The molecule has 134 valence electrons. The van der Waals surface area contributed by atoms with Gasteiger partial charge >= 0.3 is 6.03 Å². The van der Waals surface area contributed by atoms with E-state index in [1.807, 2.05) is 25.1 Å². The number of carbonyl (C=O) groups is 1. The van der Waals surface area contributed by atoms with Gasteiger partial charge < -0.3 is 20.1 Å². The van der Waals surface area contributed by atoms with Crippen LogP contribution < -0.4 is 10.6 Å². The minimum atomic E-state index is -0.321. The highest BCUT2D eigenvalue weighted by molar-refractivity contribution is 5.89. The zero-order chi connectivity index (χ0) is 17.9.